The molecule has 0 fully saturated rings. The summed E-state index contributed by atoms with van der Waals surface area (Å²) in [6, 6.07) is 12.6. The zero-order valence-corrected chi connectivity index (χ0v) is 11.6. The number of thiophene rings is 1. The van der Waals surface area contributed by atoms with Crippen molar-refractivity contribution < 1.29 is 0 Å². The maximum atomic E-state index is 4.82. The van der Waals surface area contributed by atoms with E-state index in [2.05, 4.69) is 51.2 Å². The molecule has 2 nitrogen and oxygen atoms in total. The first-order valence-corrected chi connectivity index (χ1v) is 7.10. The Morgan fingerprint density at radius 1 is 1.05 bits per heavy atom. The molecule has 0 amide bonds. The summed E-state index contributed by atoms with van der Waals surface area (Å²) in [6.45, 7) is 2.12. The molecule has 90 valence electrons. The molecule has 0 unspecified atom stereocenters. The summed E-state index contributed by atoms with van der Waals surface area (Å²) in [5, 5.41) is 1.20. The van der Waals surface area contributed by atoms with Crippen LogP contribution < -0.4 is 5.46 Å². The normalized spacial score (nSPS) is 11.6. The molecule has 0 spiro atoms. The van der Waals surface area contributed by atoms with Crippen LogP contribution >= 0.6 is 11.3 Å². The zero-order chi connectivity index (χ0) is 13.0. The van der Waals surface area contributed by atoms with E-state index >= 15 is 0 Å². The molecule has 0 radical (unpaired) electrons. The van der Waals surface area contributed by atoms with Crippen molar-refractivity contribution in [3.63, 3.8) is 0 Å². The molecule has 2 heterocycles. The number of hydrogen-bond donors (Lipinski definition) is 0. The molecule has 0 N–H and O–H groups in total. The van der Waals surface area contributed by atoms with Gasteiger partial charge in [-0.25, -0.2) is 9.97 Å². The molecule has 0 saturated carbocycles. The molecule has 0 saturated heterocycles. The van der Waals surface area contributed by atoms with Gasteiger partial charge in [0.1, 0.15) is 18.2 Å². The molecule has 2 aromatic heterocycles. The summed E-state index contributed by atoms with van der Waals surface area (Å²) in [6.07, 6.45) is 0. The molecule has 0 aliphatic heterocycles. The topological polar surface area (TPSA) is 25.8 Å². The summed E-state index contributed by atoms with van der Waals surface area (Å²) in [5.41, 5.74) is 5.53. The lowest BCUT2D eigenvalue weighted by molar-refractivity contribution is 1.41. The number of rotatable bonds is 0. The number of hydrogen-bond acceptors (Lipinski definition) is 3. The van der Waals surface area contributed by atoms with Gasteiger partial charge in [-0.3, -0.25) is 0 Å². The SMILES string of the molecule is Bc1cc2nc3c(nc2cc1C)sc1ccccc13. The predicted molar refractivity (Wildman–Crippen MR) is 85.3 cm³/mol. The van der Waals surface area contributed by atoms with Crippen LogP contribution in [-0.4, -0.2) is 17.8 Å². The number of aromatic nitrogens is 2. The van der Waals surface area contributed by atoms with Gasteiger partial charge in [0.15, 0.2) is 0 Å². The van der Waals surface area contributed by atoms with Gasteiger partial charge in [0.2, 0.25) is 0 Å². The van der Waals surface area contributed by atoms with Crippen molar-refractivity contribution in [3.05, 3.63) is 42.0 Å². The van der Waals surface area contributed by atoms with Crippen LogP contribution in [0.2, 0.25) is 0 Å². The minimum absolute atomic E-state index is 0.985. The van der Waals surface area contributed by atoms with E-state index in [1.807, 2.05) is 0 Å². The van der Waals surface area contributed by atoms with E-state index in [9.17, 15) is 0 Å². The standard InChI is InChI=1S/C15H11BN2S/c1-8-6-11-12(7-10(8)16)17-14-9-4-2-3-5-13(9)19-15(14)18-11/h2-7H,16H2,1H3. The molecule has 4 rings (SSSR count). The quantitative estimate of drug-likeness (QED) is 0.455. The van der Waals surface area contributed by atoms with Crippen LogP contribution in [0.3, 0.4) is 0 Å². The van der Waals surface area contributed by atoms with Gasteiger partial charge >= 0.3 is 0 Å². The Morgan fingerprint density at radius 3 is 2.74 bits per heavy atom. The van der Waals surface area contributed by atoms with E-state index in [0.717, 1.165) is 21.4 Å². The predicted octanol–water partition coefficient (Wildman–Crippen LogP) is 2.56. The Kier molecular flexibility index (Phi) is 2.18. The zero-order valence-electron chi connectivity index (χ0n) is 10.8. The smallest absolute Gasteiger partial charge is 0.143 e. The number of benzene rings is 2. The van der Waals surface area contributed by atoms with E-state index in [1.54, 1.807) is 11.3 Å². The van der Waals surface area contributed by atoms with Gasteiger partial charge in [-0.2, -0.15) is 0 Å². The van der Waals surface area contributed by atoms with Crippen LogP contribution in [0.5, 0.6) is 0 Å². The third kappa shape index (κ3) is 1.56. The second kappa shape index (κ2) is 3.78. The van der Waals surface area contributed by atoms with Crippen LogP contribution in [0.25, 0.3) is 31.5 Å². The first-order valence-electron chi connectivity index (χ1n) is 6.28. The molecule has 4 heteroatoms. The largest absolute Gasteiger partial charge is 0.243 e. The average molecular weight is 262 g/mol. The molecule has 0 aliphatic rings. The van der Waals surface area contributed by atoms with Crippen LogP contribution in [-0.2, 0) is 0 Å². The fraction of sp³-hybridized carbons (Fsp3) is 0.0667. The Balaban J connectivity index is 2.21. The lowest BCUT2D eigenvalue weighted by atomic mass is 9.91. The van der Waals surface area contributed by atoms with Crippen molar-refractivity contribution in [1.29, 1.82) is 0 Å². The van der Waals surface area contributed by atoms with Crippen LogP contribution in [0, 0.1) is 6.92 Å². The number of aryl methyl sites for hydroxylation is 1. The molecule has 0 aliphatic carbocycles. The Morgan fingerprint density at radius 2 is 1.84 bits per heavy atom. The number of nitrogens with zero attached hydrogens (tertiary/aromatic N) is 2. The van der Waals surface area contributed by atoms with Gasteiger partial charge in [-0.05, 0) is 25.1 Å². The summed E-state index contributed by atoms with van der Waals surface area (Å²) in [4.78, 5) is 10.6. The van der Waals surface area contributed by atoms with E-state index in [-0.39, 0.29) is 0 Å². The molecular formula is C15H11BN2S. The molecule has 0 atom stereocenters. The van der Waals surface area contributed by atoms with Gasteiger partial charge in [0.25, 0.3) is 0 Å². The van der Waals surface area contributed by atoms with Crippen LogP contribution in [0.15, 0.2) is 36.4 Å². The maximum Gasteiger partial charge on any atom is 0.143 e. The van der Waals surface area contributed by atoms with E-state index in [0.29, 0.717) is 0 Å². The van der Waals surface area contributed by atoms with Gasteiger partial charge in [-0.1, -0.05) is 29.2 Å². The van der Waals surface area contributed by atoms with E-state index in [4.69, 9.17) is 9.97 Å². The minimum Gasteiger partial charge on any atom is -0.243 e. The molecule has 2 aromatic carbocycles. The second-order valence-electron chi connectivity index (χ2n) is 4.90. The van der Waals surface area contributed by atoms with Crippen molar-refractivity contribution >= 4 is 56.1 Å². The lowest BCUT2D eigenvalue weighted by Gasteiger charge is -2.02. The fourth-order valence-corrected chi connectivity index (χ4v) is 3.42. The summed E-state index contributed by atoms with van der Waals surface area (Å²) < 4.78 is 1.25. The van der Waals surface area contributed by atoms with Gasteiger partial charge in [-0.15, -0.1) is 11.3 Å². The summed E-state index contributed by atoms with van der Waals surface area (Å²) in [5.74, 6) is 0. The molecule has 4 aromatic rings. The Hall–Kier alpha value is -1.94. The summed E-state index contributed by atoms with van der Waals surface area (Å²) in [7, 11) is 2.12. The highest BCUT2D eigenvalue weighted by molar-refractivity contribution is 7.25. The monoisotopic (exact) mass is 262 g/mol. The number of fused-ring (bicyclic) bond motifs is 4. The fourth-order valence-electron chi connectivity index (χ4n) is 2.40. The first kappa shape index (κ1) is 10.9. The first-order chi connectivity index (χ1) is 9.22. The highest BCUT2D eigenvalue weighted by Gasteiger charge is 2.09. The highest BCUT2D eigenvalue weighted by Crippen LogP contribution is 2.32. The van der Waals surface area contributed by atoms with Gasteiger partial charge in [0, 0.05) is 10.1 Å². The van der Waals surface area contributed by atoms with E-state index < -0.39 is 0 Å². The Bertz CT molecular complexity index is 943. The van der Waals surface area contributed by atoms with Crippen LogP contribution in [0.4, 0.5) is 0 Å². The molecule has 0 bridgehead atoms. The van der Waals surface area contributed by atoms with E-state index in [1.165, 1.54) is 21.1 Å². The molecular weight excluding hydrogens is 251 g/mol. The van der Waals surface area contributed by atoms with Gasteiger partial charge in [0.05, 0.1) is 11.0 Å². The minimum atomic E-state index is 0.985. The average Bonchev–Trinajstić information content (AvgIpc) is 2.75. The van der Waals surface area contributed by atoms with Gasteiger partial charge < -0.3 is 0 Å². The third-order valence-corrected chi connectivity index (χ3v) is 4.65. The molecule has 19 heavy (non-hydrogen) atoms. The lowest BCUT2D eigenvalue weighted by Crippen LogP contribution is -2.07. The second-order valence-corrected chi connectivity index (χ2v) is 5.93. The van der Waals surface area contributed by atoms with Crippen molar-refractivity contribution in [3.8, 4) is 0 Å². The maximum absolute atomic E-state index is 4.82. The third-order valence-electron chi connectivity index (χ3n) is 3.60. The van der Waals surface area contributed by atoms with Crippen molar-refractivity contribution in [1.82, 2.24) is 9.97 Å². The van der Waals surface area contributed by atoms with Crippen molar-refractivity contribution in [2.24, 2.45) is 0 Å². The highest BCUT2D eigenvalue weighted by atomic mass is 32.1. The van der Waals surface area contributed by atoms with Crippen molar-refractivity contribution in [2.45, 2.75) is 6.92 Å². The van der Waals surface area contributed by atoms with Crippen molar-refractivity contribution in [2.75, 3.05) is 0 Å². The summed E-state index contributed by atoms with van der Waals surface area (Å²) >= 11 is 1.71. The van der Waals surface area contributed by atoms with Crippen LogP contribution in [0.1, 0.15) is 5.56 Å². The Labute approximate surface area is 115 Å².